The molecule has 2 unspecified atom stereocenters. The second-order valence-corrected chi connectivity index (χ2v) is 7.51. The molecule has 1 aliphatic rings. The summed E-state index contributed by atoms with van der Waals surface area (Å²) in [4.78, 5) is 37.0. The largest absolute Gasteiger partial charge is 0.370 e. The summed E-state index contributed by atoms with van der Waals surface area (Å²) in [6.07, 6.45) is 10.5. The zero-order chi connectivity index (χ0) is 21.5. The van der Waals surface area contributed by atoms with Gasteiger partial charge in [-0.1, -0.05) is 48.6 Å². The van der Waals surface area contributed by atoms with Gasteiger partial charge in [0, 0.05) is 18.7 Å². The summed E-state index contributed by atoms with van der Waals surface area (Å²) in [6, 6.07) is 12.5. The molecule has 0 saturated carbocycles. The van der Waals surface area contributed by atoms with Crippen molar-refractivity contribution in [3.8, 4) is 0 Å². The van der Waals surface area contributed by atoms with E-state index in [1.807, 2.05) is 36.4 Å². The van der Waals surface area contributed by atoms with Crippen LogP contribution in [0.4, 0.5) is 0 Å². The molecule has 0 bridgehead atoms. The van der Waals surface area contributed by atoms with Crippen LogP contribution in [0.1, 0.15) is 54.6 Å². The Labute approximate surface area is 176 Å². The third-order valence-corrected chi connectivity index (χ3v) is 5.15. The lowest BCUT2D eigenvalue weighted by molar-refractivity contribution is -0.118. The third kappa shape index (κ3) is 5.14. The first-order chi connectivity index (χ1) is 14.5. The highest BCUT2D eigenvalue weighted by atomic mass is 16.2. The molecule has 6 heteroatoms. The fourth-order valence-electron chi connectivity index (χ4n) is 3.60. The molecule has 0 radical (unpaired) electrons. The van der Waals surface area contributed by atoms with Crippen LogP contribution in [0.25, 0.3) is 0 Å². The molecule has 1 aromatic carbocycles. The van der Waals surface area contributed by atoms with Crippen molar-refractivity contribution in [1.82, 2.24) is 9.88 Å². The minimum Gasteiger partial charge on any atom is -0.370 e. The van der Waals surface area contributed by atoms with Crippen LogP contribution in [0.5, 0.6) is 0 Å². The van der Waals surface area contributed by atoms with Crippen molar-refractivity contribution in [3.05, 3.63) is 93.9 Å². The highest BCUT2D eigenvalue weighted by Gasteiger charge is 2.22. The highest BCUT2D eigenvalue weighted by Crippen LogP contribution is 2.29. The van der Waals surface area contributed by atoms with Gasteiger partial charge in [0.15, 0.2) is 0 Å². The number of rotatable bonds is 8. The number of allylic oxidation sites excluding steroid dienone is 4. The standard InChI is InChI=1S/C24H27N3O3/c1-17(14-15-21(25)28)26-23(29)20-13-8-16-27(24(20)30)22(18-9-4-2-5-10-18)19-11-6-3-7-12-19/h2,4-6,8-13,16-17,22H,3,7,14-15H2,1H3,(H2,25,28)(H,26,29). The summed E-state index contributed by atoms with van der Waals surface area (Å²) in [7, 11) is 0. The lowest BCUT2D eigenvalue weighted by Crippen LogP contribution is -2.38. The van der Waals surface area contributed by atoms with Gasteiger partial charge in [-0.3, -0.25) is 14.4 Å². The number of nitrogens with one attached hydrogen (secondary N) is 1. The first-order valence-corrected chi connectivity index (χ1v) is 10.2. The fraction of sp³-hybridized carbons (Fsp3) is 0.292. The van der Waals surface area contributed by atoms with E-state index in [-0.39, 0.29) is 29.6 Å². The predicted molar refractivity (Wildman–Crippen MR) is 117 cm³/mol. The molecule has 1 heterocycles. The maximum absolute atomic E-state index is 13.3. The summed E-state index contributed by atoms with van der Waals surface area (Å²) in [6.45, 7) is 1.78. The Balaban J connectivity index is 1.94. The second kappa shape index (κ2) is 9.87. The average Bonchev–Trinajstić information content (AvgIpc) is 2.75. The minimum atomic E-state index is -0.453. The van der Waals surface area contributed by atoms with Crippen molar-refractivity contribution in [2.75, 3.05) is 0 Å². The number of nitrogens with two attached hydrogens (primary N) is 1. The van der Waals surface area contributed by atoms with Crippen LogP contribution in [-0.4, -0.2) is 22.4 Å². The Morgan fingerprint density at radius 1 is 1.13 bits per heavy atom. The summed E-state index contributed by atoms with van der Waals surface area (Å²) >= 11 is 0. The molecule has 0 fully saturated rings. The Morgan fingerprint density at radius 3 is 2.57 bits per heavy atom. The van der Waals surface area contributed by atoms with E-state index >= 15 is 0 Å². The van der Waals surface area contributed by atoms with Crippen molar-refractivity contribution in [2.45, 2.75) is 44.7 Å². The molecule has 6 nitrogen and oxygen atoms in total. The van der Waals surface area contributed by atoms with Gasteiger partial charge in [0.1, 0.15) is 5.56 Å². The predicted octanol–water partition coefficient (Wildman–Crippen LogP) is 3.10. The average molecular weight is 405 g/mol. The van der Waals surface area contributed by atoms with Crippen molar-refractivity contribution in [2.24, 2.45) is 5.73 Å². The quantitative estimate of drug-likeness (QED) is 0.707. The van der Waals surface area contributed by atoms with Crippen LogP contribution >= 0.6 is 0 Å². The zero-order valence-corrected chi connectivity index (χ0v) is 17.1. The number of nitrogens with zero attached hydrogens (tertiary/aromatic N) is 1. The number of primary amides is 1. The van der Waals surface area contributed by atoms with E-state index in [4.69, 9.17) is 5.73 Å². The van der Waals surface area contributed by atoms with Crippen molar-refractivity contribution < 1.29 is 9.59 Å². The molecule has 3 rings (SSSR count). The molecule has 1 aliphatic carbocycles. The molecule has 2 aromatic rings. The van der Waals surface area contributed by atoms with Gasteiger partial charge in [-0.05, 0) is 49.5 Å². The van der Waals surface area contributed by atoms with Gasteiger partial charge < -0.3 is 15.6 Å². The Hall–Kier alpha value is -3.41. The van der Waals surface area contributed by atoms with Gasteiger partial charge in [0.05, 0.1) is 6.04 Å². The molecule has 2 atom stereocenters. The lowest BCUT2D eigenvalue weighted by atomic mass is 9.94. The number of hydrogen-bond donors (Lipinski definition) is 2. The second-order valence-electron chi connectivity index (χ2n) is 7.51. The maximum atomic E-state index is 13.3. The summed E-state index contributed by atoms with van der Waals surface area (Å²) in [5.74, 6) is -0.871. The number of amides is 2. The molecular weight excluding hydrogens is 378 g/mol. The van der Waals surface area contributed by atoms with Gasteiger partial charge in [0.2, 0.25) is 5.91 Å². The maximum Gasteiger partial charge on any atom is 0.264 e. The van der Waals surface area contributed by atoms with Crippen molar-refractivity contribution >= 4 is 11.8 Å². The minimum absolute atomic E-state index is 0.0738. The van der Waals surface area contributed by atoms with Gasteiger partial charge in [-0.2, -0.15) is 0 Å². The topological polar surface area (TPSA) is 94.2 Å². The smallest absolute Gasteiger partial charge is 0.264 e. The van der Waals surface area contributed by atoms with Gasteiger partial charge in [-0.15, -0.1) is 0 Å². The third-order valence-electron chi connectivity index (χ3n) is 5.15. The summed E-state index contributed by atoms with van der Waals surface area (Å²) < 4.78 is 1.61. The lowest BCUT2D eigenvalue weighted by Gasteiger charge is -2.24. The van der Waals surface area contributed by atoms with Crippen LogP contribution in [0, 0.1) is 0 Å². The Bertz CT molecular complexity index is 1020. The normalized spacial score (nSPS) is 15.2. The van der Waals surface area contributed by atoms with Gasteiger partial charge in [-0.25, -0.2) is 0 Å². The summed E-state index contributed by atoms with van der Waals surface area (Å²) in [5, 5.41) is 2.79. The Kier molecular flexibility index (Phi) is 7.01. The highest BCUT2D eigenvalue weighted by molar-refractivity contribution is 5.94. The molecule has 156 valence electrons. The number of aromatic nitrogens is 1. The number of pyridine rings is 1. The number of benzene rings is 1. The Morgan fingerprint density at radius 2 is 1.90 bits per heavy atom. The van der Waals surface area contributed by atoms with E-state index in [0.717, 1.165) is 24.0 Å². The first kappa shape index (κ1) is 21.3. The van der Waals surface area contributed by atoms with E-state index in [1.54, 1.807) is 23.8 Å². The van der Waals surface area contributed by atoms with Crippen molar-refractivity contribution in [3.63, 3.8) is 0 Å². The number of carbonyl (C=O) groups excluding carboxylic acids is 2. The van der Waals surface area contributed by atoms with Crippen LogP contribution < -0.4 is 16.6 Å². The van der Waals surface area contributed by atoms with Crippen LogP contribution in [-0.2, 0) is 4.79 Å². The van der Waals surface area contributed by atoms with E-state index in [1.165, 1.54) is 6.07 Å². The molecule has 0 spiro atoms. The van der Waals surface area contributed by atoms with Gasteiger partial charge >= 0.3 is 0 Å². The number of hydrogen-bond acceptors (Lipinski definition) is 3. The molecule has 0 saturated heterocycles. The zero-order valence-electron chi connectivity index (χ0n) is 17.1. The van der Waals surface area contributed by atoms with Crippen LogP contribution in [0.15, 0.2) is 77.3 Å². The molecule has 3 N–H and O–H groups in total. The molecular formula is C24H27N3O3. The van der Waals surface area contributed by atoms with E-state index in [0.29, 0.717) is 6.42 Å². The molecule has 2 amide bonds. The van der Waals surface area contributed by atoms with E-state index < -0.39 is 11.8 Å². The fourth-order valence-corrected chi connectivity index (χ4v) is 3.60. The van der Waals surface area contributed by atoms with Gasteiger partial charge in [0.25, 0.3) is 11.5 Å². The van der Waals surface area contributed by atoms with E-state index in [9.17, 15) is 14.4 Å². The van der Waals surface area contributed by atoms with Crippen molar-refractivity contribution in [1.29, 1.82) is 0 Å². The van der Waals surface area contributed by atoms with Crippen LogP contribution in [0.3, 0.4) is 0 Å². The monoisotopic (exact) mass is 405 g/mol. The SMILES string of the molecule is CC(CCC(N)=O)NC(=O)c1cccn(C(C2=CCCC=C2)c2ccccc2)c1=O. The molecule has 30 heavy (non-hydrogen) atoms. The first-order valence-electron chi connectivity index (χ1n) is 10.2. The summed E-state index contributed by atoms with van der Waals surface area (Å²) in [5.41, 5.74) is 6.89. The molecule has 1 aromatic heterocycles. The molecule has 0 aliphatic heterocycles. The van der Waals surface area contributed by atoms with Crippen LogP contribution in [0.2, 0.25) is 0 Å². The van der Waals surface area contributed by atoms with E-state index in [2.05, 4.69) is 17.5 Å². The number of carbonyl (C=O) groups is 2.